The van der Waals surface area contributed by atoms with Crippen LogP contribution in [-0.2, 0) is 9.53 Å². The van der Waals surface area contributed by atoms with Gasteiger partial charge in [-0.15, -0.1) is 0 Å². The minimum atomic E-state index is -1.04. The molecule has 1 unspecified atom stereocenters. The Kier molecular flexibility index (Phi) is 7.82. The molecule has 0 saturated heterocycles. The number of carbonyl (C=O) groups is 3. The number of amides is 1. The third-order valence-electron chi connectivity index (χ3n) is 3.68. The molecule has 1 rings (SSSR count). The zero-order valence-electron chi connectivity index (χ0n) is 16.7. The van der Waals surface area contributed by atoms with E-state index in [2.05, 4.69) is 5.32 Å². The van der Waals surface area contributed by atoms with Crippen molar-refractivity contribution in [1.82, 2.24) is 5.32 Å². The van der Waals surface area contributed by atoms with E-state index < -0.39 is 29.8 Å². The lowest BCUT2D eigenvalue weighted by Gasteiger charge is -2.25. The quantitative estimate of drug-likeness (QED) is 0.668. The highest BCUT2D eigenvalue weighted by Crippen LogP contribution is 2.18. The summed E-state index contributed by atoms with van der Waals surface area (Å²) in [5.41, 5.74) is -0.270. The lowest BCUT2D eigenvalue weighted by molar-refractivity contribution is -0.145. The largest absolute Gasteiger partial charge is 0.479 e. The molecule has 27 heavy (non-hydrogen) atoms. The second-order valence-corrected chi connectivity index (χ2v) is 7.61. The predicted octanol–water partition coefficient (Wildman–Crippen LogP) is 3.66. The number of Topliss-reactive ketones (excluding diaryl/α,β-unsaturated/α-hetero) is 1. The molecule has 0 radical (unpaired) electrons. The fourth-order valence-electron chi connectivity index (χ4n) is 2.32. The first-order valence-corrected chi connectivity index (χ1v) is 8.97. The highest BCUT2D eigenvalue weighted by molar-refractivity contribution is 6.01. The van der Waals surface area contributed by atoms with Gasteiger partial charge in [-0.05, 0) is 57.4 Å². The maximum atomic E-state index is 12.8. The van der Waals surface area contributed by atoms with Gasteiger partial charge in [0.25, 0.3) is 0 Å². The number of aliphatic carboxylic acids is 1. The van der Waals surface area contributed by atoms with Gasteiger partial charge >= 0.3 is 12.1 Å². The van der Waals surface area contributed by atoms with Crippen LogP contribution in [0, 0.1) is 5.92 Å². The Hall–Kier alpha value is -2.57. The molecule has 0 aliphatic carbocycles. The van der Waals surface area contributed by atoms with Gasteiger partial charge in [-0.1, -0.05) is 20.8 Å². The summed E-state index contributed by atoms with van der Waals surface area (Å²) >= 11 is 0. The Bertz CT molecular complexity index is 660. The number of carboxylic acids is 1. The van der Waals surface area contributed by atoms with E-state index in [1.807, 2.05) is 13.8 Å². The molecule has 0 bridgehead atoms. The van der Waals surface area contributed by atoms with E-state index in [9.17, 15) is 14.4 Å². The fraction of sp³-hybridized carbons (Fsp3) is 0.550. The number of rotatable bonds is 8. The van der Waals surface area contributed by atoms with E-state index in [1.165, 1.54) is 0 Å². The van der Waals surface area contributed by atoms with Gasteiger partial charge in [0.2, 0.25) is 0 Å². The molecule has 1 amide bonds. The maximum Gasteiger partial charge on any atom is 0.408 e. The van der Waals surface area contributed by atoms with Crippen molar-refractivity contribution in [3.05, 3.63) is 29.8 Å². The van der Waals surface area contributed by atoms with Gasteiger partial charge in [-0.25, -0.2) is 9.59 Å². The third kappa shape index (κ3) is 7.29. The minimum absolute atomic E-state index is 0.141. The minimum Gasteiger partial charge on any atom is -0.479 e. The van der Waals surface area contributed by atoms with Gasteiger partial charge in [0.1, 0.15) is 11.4 Å². The van der Waals surface area contributed by atoms with Gasteiger partial charge in [-0.2, -0.15) is 0 Å². The summed E-state index contributed by atoms with van der Waals surface area (Å²) in [6, 6.07) is 5.46. The first kappa shape index (κ1) is 22.5. The summed E-state index contributed by atoms with van der Waals surface area (Å²) < 4.78 is 10.6. The molecule has 7 heteroatoms. The van der Waals surface area contributed by atoms with Crippen molar-refractivity contribution in [2.45, 2.75) is 65.7 Å². The number of nitrogens with one attached hydrogen (secondary N) is 1. The average Bonchev–Trinajstić information content (AvgIpc) is 2.55. The van der Waals surface area contributed by atoms with Crippen LogP contribution in [0.1, 0.15) is 58.3 Å². The van der Waals surface area contributed by atoms with Crippen molar-refractivity contribution in [2.24, 2.45) is 5.92 Å². The van der Waals surface area contributed by atoms with Crippen molar-refractivity contribution in [3.8, 4) is 5.75 Å². The van der Waals surface area contributed by atoms with E-state index in [-0.39, 0.29) is 11.7 Å². The topological polar surface area (TPSA) is 102 Å². The molecule has 0 heterocycles. The Morgan fingerprint density at radius 2 is 1.67 bits per heavy atom. The number of carbonyl (C=O) groups excluding carboxylic acids is 2. The average molecular weight is 379 g/mol. The van der Waals surface area contributed by atoms with Crippen LogP contribution in [0.2, 0.25) is 0 Å². The van der Waals surface area contributed by atoms with Crippen LogP contribution in [0.15, 0.2) is 24.3 Å². The molecule has 0 aliphatic rings. The van der Waals surface area contributed by atoms with E-state index in [4.69, 9.17) is 14.6 Å². The molecule has 2 N–H and O–H groups in total. The molecular formula is C20H29NO6. The summed E-state index contributed by atoms with van der Waals surface area (Å²) in [6.07, 6.45) is -1.27. The fourth-order valence-corrected chi connectivity index (χ4v) is 2.32. The standard InChI is InChI=1S/C20H29NO6/c1-7-15(18(23)24)26-14-10-8-13(9-11-14)17(22)16(12(2)3)21-19(25)27-20(4,5)6/h8-12,15-16H,7H2,1-6H3,(H,21,25)(H,23,24)/t15-,16?/m0/s1. The predicted molar refractivity (Wildman–Crippen MR) is 101 cm³/mol. The van der Waals surface area contributed by atoms with Crippen LogP contribution in [0.4, 0.5) is 4.79 Å². The van der Waals surface area contributed by atoms with Crippen molar-refractivity contribution in [1.29, 1.82) is 0 Å². The Balaban J connectivity index is 2.87. The number of hydrogen-bond donors (Lipinski definition) is 2. The number of carboxylic acid groups (broad SMARTS) is 1. The van der Waals surface area contributed by atoms with E-state index >= 15 is 0 Å². The highest BCUT2D eigenvalue weighted by atomic mass is 16.6. The van der Waals surface area contributed by atoms with Crippen LogP contribution in [-0.4, -0.2) is 40.7 Å². The molecule has 7 nitrogen and oxygen atoms in total. The van der Waals surface area contributed by atoms with Gasteiger partial charge < -0.3 is 19.9 Å². The number of alkyl carbamates (subject to hydrolysis) is 1. The summed E-state index contributed by atoms with van der Waals surface area (Å²) in [7, 11) is 0. The molecule has 2 atom stereocenters. The molecular weight excluding hydrogens is 350 g/mol. The zero-order valence-corrected chi connectivity index (χ0v) is 16.7. The zero-order chi connectivity index (χ0) is 20.8. The van der Waals surface area contributed by atoms with Crippen LogP contribution in [0.5, 0.6) is 5.75 Å². The third-order valence-corrected chi connectivity index (χ3v) is 3.68. The molecule has 150 valence electrons. The highest BCUT2D eigenvalue weighted by Gasteiger charge is 2.28. The molecule has 0 spiro atoms. The summed E-state index contributed by atoms with van der Waals surface area (Å²) in [6.45, 7) is 10.6. The maximum absolute atomic E-state index is 12.8. The van der Waals surface area contributed by atoms with Crippen LogP contribution < -0.4 is 10.1 Å². The van der Waals surface area contributed by atoms with Crippen LogP contribution in [0.3, 0.4) is 0 Å². The Morgan fingerprint density at radius 3 is 2.07 bits per heavy atom. The Morgan fingerprint density at radius 1 is 1.11 bits per heavy atom. The first-order valence-electron chi connectivity index (χ1n) is 8.97. The van der Waals surface area contributed by atoms with Crippen molar-refractivity contribution >= 4 is 17.8 Å². The monoisotopic (exact) mass is 379 g/mol. The number of ketones is 1. The van der Waals surface area contributed by atoms with Crippen LogP contribution in [0.25, 0.3) is 0 Å². The smallest absolute Gasteiger partial charge is 0.408 e. The summed E-state index contributed by atoms with van der Waals surface area (Å²) in [5, 5.41) is 11.7. The van der Waals surface area contributed by atoms with Crippen molar-refractivity contribution in [2.75, 3.05) is 0 Å². The van der Waals surface area contributed by atoms with E-state index in [0.29, 0.717) is 17.7 Å². The molecule has 0 aliphatic heterocycles. The van der Waals surface area contributed by atoms with Crippen molar-refractivity contribution in [3.63, 3.8) is 0 Å². The molecule has 1 aromatic carbocycles. The lowest BCUT2D eigenvalue weighted by atomic mass is 9.95. The van der Waals surface area contributed by atoms with Gasteiger partial charge in [0.05, 0.1) is 6.04 Å². The summed E-state index contributed by atoms with van der Waals surface area (Å²) in [5.74, 6) is -1.08. The molecule has 0 aromatic heterocycles. The molecule has 0 fully saturated rings. The van der Waals surface area contributed by atoms with Crippen molar-refractivity contribution < 1.29 is 29.0 Å². The van der Waals surface area contributed by atoms with Gasteiger partial charge in [0.15, 0.2) is 11.9 Å². The number of ether oxygens (including phenoxy) is 2. The lowest BCUT2D eigenvalue weighted by Crippen LogP contribution is -2.46. The van der Waals surface area contributed by atoms with Gasteiger partial charge in [0, 0.05) is 5.56 Å². The van der Waals surface area contributed by atoms with Crippen LogP contribution >= 0.6 is 0 Å². The normalized spacial score (nSPS) is 13.6. The number of hydrogen-bond acceptors (Lipinski definition) is 5. The number of benzene rings is 1. The van der Waals surface area contributed by atoms with E-state index in [0.717, 1.165) is 0 Å². The summed E-state index contributed by atoms with van der Waals surface area (Å²) in [4.78, 5) is 35.8. The SMILES string of the molecule is CC[C@H](Oc1ccc(C(=O)C(NC(=O)OC(C)(C)C)C(C)C)cc1)C(=O)O. The van der Waals surface area contributed by atoms with Gasteiger partial charge in [-0.3, -0.25) is 4.79 Å². The molecule has 1 aromatic rings. The second kappa shape index (κ2) is 9.39. The molecule has 0 saturated carbocycles. The van der Waals surface area contributed by atoms with E-state index in [1.54, 1.807) is 52.0 Å². The second-order valence-electron chi connectivity index (χ2n) is 7.61. The first-order chi connectivity index (χ1) is 12.4. The Labute approximate surface area is 160 Å².